The highest BCUT2D eigenvalue weighted by molar-refractivity contribution is 7.20. The van der Waals surface area contributed by atoms with Gasteiger partial charge in [-0.25, -0.2) is 4.98 Å². The molecular formula is C19H20N4O2S. The zero-order valence-corrected chi connectivity index (χ0v) is 15.6. The Balaban J connectivity index is 1.58. The van der Waals surface area contributed by atoms with Crippen molar-refractivity contribution >= 4 is 38.8 Å². The van der Waals surface area contributed by atoms with E-state index in [9.17, 15) is 9.59 Å². The van der Waals surface area contributed by atoms with Gasteiger partial charge in [0.15, 0.2) is 0 Å². The number of carbonyl (C=O) groups is 1. The van der Waals surface area contributed by atoms with Gasteiger partial charge in [-0.15, -0.1) is 11.3 Å². The van der Waals surface area contributed by atoms with Crippen LogP contribution < -0.4 is 15.8 Å². The molecule has 1 aliphatic rings. The van der Waals surface area contributed by atoms with Gasteiger partial charge >= 0.3 is 0 Å². The molecule has 0 saturated carbocycles. The van der Waals surface area contributed by atoms with Gasteiger partial charge in [-0.2, -0.15) is 0 Å². The molecule has 1 aliphatic heterocycles. The van der Waals surface area contributed by atoms with Crippen LogP contribution in [0.5, 0.6) is 0 Å². The van der Waals surface area contributed by atoms with E-state index in [1.54, 1.807) is 14.0 Å². The van der Waals surface area contributed by atoms with Gasteiger partial charge in [0.25, 0.3) is 11.5 Å². The molecule has 1 saturated heterocycles. The van der Waals surface area contributed by atoms with Crippen LogP contribution in [0.1, 0.15) is 28.1 Å². The maximum atomic E-state index is 12.7. The van der Waals surface area contributed by atoms with E-state index >= 15 is 0 Å². The predicted molar refractivity (Wildman–Crippen MR) is 105 cm³/mol. The Morgan fingerprint density at radius 2 is 1.88 bits per heavy atom. The molecule has 0 bridgehead atoms. The molecular weight excluding hydrogens is 348 g/mol. The summed E-state index contributed by atoms with van der Waals surface area (Å²) in [5.74, 6) is -0.207. The predicted octanol–water partition coefficient (Wildman–Crippen LogP) is 3.16. The highest BCUT2D eigenvalue weighted by atomic mass is 32.1. The lowest BCUT2D eigenvalue weighted by atomic mass is 10.2. The van der Waals surface area contributed by atoms with Gasteiger partial charge in [-0.05, 0) is 49.6 Å². The summed E-state index contributed by atoms with van der Waals surface area (Å²) in [5.41, 5.74) is 2.49. The number of hydrogen-bond acceptors (Lipinski definition) is 5. The van der Waals surface area contributed by atoms with E-state index in [0.717, 1.165) is 18.8 Å². The van der Waals surface area contributed by atoms with Crippen molar-refractivity contribution < 1.29 is 4.79 Å². The summed E-state index contributed by atoms with van der Waals surface area (Å²) >= 11 is 1.25. The topological polar surface area (TPSA) is 67.2 Å². The molecule has 1 amide bonds. The van der Waals surface area contributed by atoms with Gasteiger partial charge in [0, 0.05) is 31.5 Å². The Morgan fingerprint density at radius 1 is 1.19 bits per heavy atom. The van der Waals surface area contributed by atoms with Crippen LogP contribution in [-0.2, 0) is 7.05 Å². The molecule has 0 aliphatic carbocycles. The number of nitrogens with one attached hydrogen (secondary N) is 1. The Kier molecular flexibility index (Phi) is 4.24. The summed E-state index contributed by atoms with van der Waals surface area (Å²) in [6, 6.07) is 7.92. The van der Waals surface area contributed by atoms with Crippen LogP contribution in [0.2, 0.25) is 0 Å². The number of nitrogens with zero attached hydrogens (tertiary/aromatic N) is 3. The molecule has 0 spiro atoms. The lowest BCUT2D eigenvalue weighted by molar-refractivity contribution is 0.103. The average Bonchev–Trinajstić information content (AvgIpc) is 3.27. The fourth-order valence-electron chi connectivity index (χ4n) is 3.34. The zero-order chi connectivity index (χ0) is 18.3. The Morgan fingerprint density at radius 3 is 2.58 bits per heavy atom. The maximum absolute atomic E-state index is 12.7. The van der Waals surface area contributed by atoms with Crippen molar-refractivity contribution in [3.05, 3.63) is 51.4 Å². The summed E-state index contributed by atoms with van der Waals surface area (Å²) in [6.45, 7) is 3.98. The Labute approximate surface area is 155 Å². The van der Waals surface area contributed by atoms with Crippen LogP contribution in [0.15, 0.2) is 35.4 Å². The molecule has 7 heteroatoms. The molecule has 1 aromatic carbocycles. The monoisotopic (exact) mass is 368 g/mol. The number of rotatable bonds is 3. The van der Waals surface area contributed by atoms with Gasteiger partial charge in [-0.3, -0.25) is 9.59 Å². The summed E-state index contributed by atoms with van der Waals surface area (Å²) < 4.78 is 1.43. The van der Waals surface area contributed by atoms with Gasteiger partial charge in [0.1, 0.15) is 4.83 Å². The van der Waals surface area contributed by atoms with Crippen LogP contribution in [0.4, 0.5) is 11.4 Å². The van der Waals surface area contributed by atoms with Crippen molar-refractivity contribution in [3.8, 4) is 0 Å². The number of aryl methyl sites for hydroxylation is 2. The standard InChI is InChI=1S/C19H20N4O2S/c1-12-15-18(20-11-22(2)19(15)25)26-16(12)17(24)21-13-5-7-14(8-6-13)23-9-3-4-10-23/h5-8,11H,3-4,9-10H2,1-2H3,(H,21,24). The van der Waals surface area contributed by atoms with Crippen LogP contribution in [0.25, 0.3) is 10.2 Å². The highest BCUT2D eigenvalue weighted by Crippen LogP contribution is 2.28. The van der Waals surface area contributed by atoms with E-state index in [1.165, 1.54) is 40.8 Å². The van der Waals surface area contributed by atoms with E-state index in [-0.39, 0.29) is 11.5 Å². The van der Waals surface area contributed by atoms with Gasteiger partial charge in [0.05, 0.1) is 16.6 Å². The van der Waals surface area contributed by atoms with E-state index in [1.807, 2.05) is 24.3 Å². The molecule has 3 aromatic rings. The van der Waals surface area contributed by atoms with Gasteiger partial charge < -0.3 is 14.8 Å². The molecule has 1 fully saturated rings. The molecule has 1 N–H and O–H groups in total. The van der Waals surface area contributed by atoms with E-state index < -0.39 is 0 Å². The quantitative estimate of drug-likeness (QED) is 0.771. The zero-order valence-electron chi connectivity index (χ0n) is 14.8. The van der Waals surface area contributed by atoms with Crippen LogP contribution in [0, 0.1) is 6.92 Å². The third-order valence-electron chi connectivity index (χ3n) is 4.81. The first-order chi connectivity index (χ1) is 12.5. The number of anilines is 2. The third kappa shape index (κ3) is 2.88. The van der Waals surface area contributed by atoms with Crippen molar-refractivity contribution in [2.24, 2.45) is 7.05 Å². The molecule has 0 atom stereocenters. The smallest absolute Gasteiger partial charge is 0.266 e. The second-order valence-electron chi connectivity index (χ2n) is 6.59. The normalized spacial score (nSPS) is 14.2. The molecule has 4 rings (SSSR count). The van der Waals surface area contributed by atoms with Crippen LogP contribution >= 0.6 is 11.3 Å². The summed E-state index contributed by atoms with van der Waals surface area (Å²) in [7, 11) is 1.66. The van der Waals surface area contributed by atoms with E-state index in [0.29, 0.717) is 20.7 Å². The lowest BCUT2D eigenvalue weighted by Gasteiger charge is -2.17. The number of amides is 1. The molecule has 0 radical (unpaired) electrons. The number of thiophene rings is 1. The molecule has 6 nitrogen and oxygen atoms in total. The van der Waals surface area contributed by atoms with Crippen molar-refractivity contribution in [2.75, 3.05) is 23.3 Å². The van der Waals surface area contributed by atoms with Crippen LogP contribution in [-0.4, -0.2) is 28.5 Å². The molecule has 134 valence electrons. The first-order valence-electron chi connectivity index (χ1n) is 8.65. The van der Waals surface area contributed by atoms with Crippen molar-refractivity contribution in [1.29, 1.82) is 0 Å². The number of benzene rings is 1. The molecule has 26 heavy (non-hydrogen) atoms. The molecule has 0 unspecified atom stereocenters. The Bertz CT molecular complexity index is 1030. The fourth-order valence-corrected chi connectivity index (χ4v) is 4.38. The highest BCUT2D eigenvalue weighted by Gasteiger charge is 2.19. The lowest BCUT2D eigenvalue weighted by Crippen LogP contribution is -2.18. The minimum absolute atomic E-state index is 0.127. The molecule has 2 aromatic heterocycles. The third-order valence-corrected chi connectivity index (χ3v) is 6.01. The van der Waals surface area contributed by atoms with Crippen LogP contribution in [0.3, 0.4) is 0 Å². The number of hydrogen-bond donors (Lipinski definition) is 1. The van der Waals surface area contributed by atoms with E-state index in [2.05, 4.69) is 15.2 Å². The van der Waals surface area contributed by atoms with Crippen molar-refractivity contribution in [2.45, 2.75) is 19.8 Å². The summed E-state index contributed by atoms with van der Waals surface area (Å²) in [5, 5.41) is 3.45. The number of aromatic nitrogens is 2. The van der Waals surface area contributed by atoms with E-state index in [4.69, 9.17) is 0 Å². The maximum Gasteiger partial charge on any atom is 0.266 e. The largest absolute Gasteiger partial charge is 0.372 e. The number of carbonyl (C=O) groups excluding carboxylic acids is 1. The van der Waals surface area contributed by atoms with Crippen molar-refractivity contribution in [3.63, 3.8) is 0 Å². The second kappa shape index (κ2) is 6.57. The Hall–Kier alpha value is -2.67. The summed E-state index contributed by atoms with van der Waals surface area (Å²) in [4.78, 5) is 32.7. The minimum Gasteiger partial charge on any atom is -0.372 e. The van der Waals surface area contributed by atoms with Gasteiger partial charge in [0.2, 0.25) is 0 Å². The van der Waals surface area contributed by atoms with Crippen molar-refractivity contribution in [1.82, 2.24) is 9.55 Å². The van der Waals surface area contributed by atoms with Gasteiger partial charge in [-0.1, -0.05) is 0 Å². The number of fused-ring (bicyclic) bond motifs is 1. The summed E-state index contributed by atoms with van der Waals surface area (Å²) in [6.07, 6.45) is 3.95. The minimum atomic E-state index is -0.207. The fraction of sp³-hybridized carbons (Fsp3) is 0.316. The second-order valence-corrected chi connectivity index (χ2v) is 7.59. The first-order valence-corrected chi connectivity index (χ1v) is 9.47. The molecule has 3 heterocycles. The first kappa shape index (κ1) is 16.8. The SMILES string of the molecule is Cc1c(C(=O)Nc2ccc(N3CCCC3)cc2)sc2ncn(C)c(=O)c12. The average molecular weight is 368 g/mol.